The zero-order valence-corrected chi connectivity index (χ0v) is 11.2. The van der Waals surface area contributed by atoms with E-state index in [1.165, 1.54) is 24.4 Å². The quantitative estimate of drug-likeness (QED) is 0.294. The number of benzene rings is 1. The smallest absolute Gasteiger partial charge is 0.335 e. The minimum absolute atomic E-state index is 0.162. The van der Waals surface area contributed by atoms with Gasteiger partial charge in [-0.25, -0.2) is 10.2 Å². The second-order valence-electron chi connectivity index (χ2n) is 3.99. The van der Waals surface area contributed by atoms with Crippen LogP contribution in [0.25, 0.3) is 0 Å². The number of amides is 2. The van der Waals surface area contributed by atoms with Crippen molar-refractivity contribution in [1.82, 2.24) is 10.7 Å². The Morgan fingerprint density at radius 2 is 1.86 bits per heavy atom. The van der Waals surface area contributed by atoms with Gasteiger partial charge in [-0.1, -0.05) is 18.2 Å². The molecule has 1 rings (SSSR count). The molecule has 0 radical (unpaired) electrons. The third kappa shape index (κ3) is 6.15. The molecule has 0 saturated heterocycles. The number of nitrogens with zero attached hydrogens (tertiary/aromatic N) is 1. The van der Waals surface area contributed by atoms with Gasteiger partial charge in [0.1, 0.15) is 6.42 Å². The van der Waals surface area contributed by atoms with E-state index in [-0.39, 0.29) is 12.0 Å². The highest BCUT2D eigenvalue weighted by atomic mass is 16.4. The van der Waals surface area contributed by atoms with Crippen LogP contribution in [0, 0.1) is 0 Å². The molecule has 21 heavy (non-hydrogen) atoms. The minimum atomic E-state index is -1.02. The molecule has 0 saturated carbocycles. The van der Waals surface area contributed by atoms with Gasteiger partial charge in [0, 0.05) is 6.54 Å². The Balaban J connectivity index is 2.43. The van der Waals surface area contributed by atoms with E-state index in [0.29, 0.717) is 12.1 Å². The van der Waals surface area contributed by atoms with Crippen LogP contribution in [0.1, 0.15) is 22.3 Å². The molecule has 0 heterocycles. The summed E-state index contributed by atoms with van der Waals surface area (Å²) in [5, 5.41) is 14.9. The normalized spacial score (nSPS) is 10.1. The van der Waals surface area contributed by atoms with Crippen LogP contribution in [0.4, 0.5) is 0 Å². The van der Waals surface area contributed by atoms with Crippen molar-refractivity contribution in [2.24, 2.45) is 5.10 Å². The molecule has 7 nitrogen and oxygen atoms in total. The second-order valence-corrected chi connectivity index (χ2v) is 3.99. The zero-order chi connectivity index (χ0) is 15.7. The van der Waals surface area contributed by atoms with Gasteiger partial charge in [0.15, 0.2) is 0 Å². The summed E-state index contributed by atoms with van der Waals surface area (Å²) in [5.74, 6) is -1.99. The van der Waals surface area contributed by atoms with Gasteiger partial charge in [-0.05, 0) is 17.7 Å². The molecular formula is C14H15N3O4. The highest BCUT2D eigenvalue weighted by Crippen LogP contribution is 2.02. The Morgan fingerprint density at radius 1 is 1.19 bits per heavy atom. The van der Waals surface area contributed by atoms with Gasteiger partial charge in [-0.2, -0.15) is 5.10 Å². The van der Waals surface area contributed by atoms with Gasteiger partial charge in [0.05, 0.1) is 11.8 Å². The fraction of sp³-hybridized carbons (Fsp3) is 0.143. The van der Waals surface area contributed by atoms with E-state index in [1.807, 2.05) is 0 Å². The van der Waals surface area contributed by atoms with E-state index < -0.39 is 17.8 Å². The molecule has 2 amide bonds. The number of carboxylic acid groups (broad SMARTS) is 1. The molecule has 0 bridgehead atoms. The van der Waals surface area contributed by atoms with Gasteiger partial charge in [0.2, 0.25) is 11.8 Å². The van der Waals surface area contributed by atoms with Crippen LogP contribution >= 0.6 is 0 Å². The lowest BCUT2D eigenvalue weighted by molar-refractivity contribution is -0.129. The van der Waals surface area contributed by atoms with Crippen molar-refractivity contribution in [2.45, 2.75) is 6.42 Å². The molecule has 0 spiro atoms. The predicted molar refractivity (Wildman–Crippen MR) is 77.0 cm³/mol. The van der Waals surface area contributed by atoms with Crippen molar-refractivity contribution < 1.29 is 19.5 Å². The summed E-state index contributed by atoms with van der Waals surface area (Å²) in [6, 6.07) is 5.95. The van der Waals surface area contributed by atoms with Crippen molar-refractivity contribution in [1.29, 1.82) is 0 Å². The molecule has 1 aromatic rings. The Bertz CT molecular complexity index is 564. The van der Waals surface area contributed by atoms with Gasteiger partial charge in [-0.3, -0.25) is 9.59 Å². The Kier molecular flexibility index (Phi) is 6.33. The van der Waals surface area contributed by atoms with Crippen molar-refractivity contribution >= 4 is 24.0 Å². The molecular weight excluding hydrogens is 274 g/mol. The lowest BCUT2D eigenvalue weighted by Gasteiger charge is -2.01. The molecule has 0 aliphatic rings. The highest BCUT2D eigenvalue weighted by molar-refractivity contribution is 5.97. The summed E-state index contributed by atoms with van der Waals surface area (Å²) in [6.45, 7) is 3.73. The lowest BCUT2D eigenvalue weighted by atomic mass is 10.1. The first-order valence-corrected chi connectivity index (χ1v) is 6.05. The van der Waals surface area contributed by atoms with E-state index in [9.17, 15) is 14.4 Å². The number of aromatic carboxylic acids is 1. The summed E-state index contributed by atoms with van der Waals surface area (Å²) in [7, 11) is 0. The lowest BCUT2D eigenvalue weighted by Crippen LogP contribution is -2.29. The molecule has 3 N–H and O–H groups in total. The molecule has 0 atom stereocenters. The second kappa shape index (κ2) is 8.26. The van der Waals surface area contributed by atoms with Crippen molar-refractivity contribution in [2.75, 3.05) is 6.54 Å². The predicted octanol–water partition coefficient (Wildman–Crippen LogP) is 0.527. The zero-order valence-electron chi connectivity index (χ0n) is 11.2. The molecule has 0 aliphatic heterocycles. The number of rotatable bonds is 7. The van der Waals surface area contributed by atoms with E-state index in [1.54, 1.807) is 12.1 Å². The van der Waals surface area contributed by atoms with Crippen LogP contribution in [0.2, 0.25) is 0 Å². The molecule has 110 valence electrons. The molecule has 1 aromatic carbocycles. The number of hydrogen-bond donors (Lipinski definition) is 3. The van der Waals surface area contributed by atoms with Crippen LogP contribution in [0.15, 0.2) is 42.0 Å². The average Bonchev–Trinajstić information content (AvgIpc) is 2.45. The Hall–Kier alpha value is -2.96. The first-order valence-electron chi connectivity index (χ1n) is 6.05. The number of hydrazone groups is 1. The summed E-state index contributed by atoms with van der Waals surface area (Å²) < 4.78 is 0. The summed E-state index contributed by atoms with van der Waals surface area (Å²) in [4.78, 5) is 33.2. The highest BCUT2D eigenvalue weighted by Gasteiger charge is 2.06. The van der Waals surface area contributed by atoms with Crippen molar-refractivity contribution in [3.05, 3.63) is 48.0 Å². The third-order valence-electron chi connectivity index (χ3n) is 2.33. The summed E-state index contributed by atoms with van der Waals surface area (Å²) >= 11 is 0. The largest absolute Gasteiger partial charge is 0.478 e. The first kappa shape index (κ1) is 16.1. The molecule has 0 fully saturated rings. The molecule has 7 heteroatoms. The average molecular weight is 289 g/mol. The van der Waals surface area contributed by atoms with Gasteiger partial charge < -0.3 is 10.4 Å². The van der Waals surface area contributed by atoms with Crippen molar-refractivity contribution in [3.63, 3.8) is 0 Å². The van der Waals surface area contributed by atoms with E-state index in [2.05, 4.69) is 22.4 Å². The van der Waals surface area contributed by atoms with Crippen LogP contribution < -0.4 is 10.7 Å². The van der Waals surface area contributed by atoms with Crippen LogP contribution in [-0.2, 0) is 9.59 Å². The maximum atomic E-state index is 11.4. The van der Waals surface area contributed by atoms with Crippen molar-refractivity contribution in [3.8, 4) is 0 Å². The van der Waals surface area contributed by atoms with Crippen LogP contribution in [0.5, 0.6) is 0 Å². The Morgan fingerprint density at radius 3 is 2.43 bits per heavy atom. The standard InChI is InChI=1S/C14H15N3O4/c1-2-7-15-12(18)8-13(19)17-16-9-10-3-5-11(6-4-10)14(20)21/h2-6,9H,1,7-8H2,(H,15,18)(H,17,19)(H,20,21)/b16-9+. The molecule has 0 unspecified atom stereocenters. The maximum absolute atomic E-state index is 11.4. The fourth-order valence-electron chi connectivity index (χ4n) is 1.32. The van der Waals surface area contributed by atoms with Crippen LogP contribution in [-0.4, -0.2) is 35.6 Å². The molecule has 0 aromatic heterocycles. The van der Waals surface area contributed by atoms with Gasteiger partial charge in [-0.15, -0.1) is 6.58 Å². The number of hydrogen-bond acceptors (Lipinski definition) is 4. The Labute approximate surface area is 121 Å². The molecule has 0 aliphatic carbocycles. The maximum Gasteiger partial charge on any atom is 0.335 e. The number of carboxylic acids is 1. The van der Waals surface area contributed by atoms with E-state index >= 15 is 0 Å². The van der Waals surface area contributed by atoms with Gasteiger partial charge >= 0.3 is 5.97 Å². The number of carbonyl (C=O) groups excluding carboxylic acids is 2. The monoisotopic (exact) mass is 289 g/mol. The minimum Gasteiger partial charge on any atom is -0.478 e. The van der Waals surface area contributed by atoms with E-state index in [4.69, 9.17) is 5.11 Å². The summed E-state index contributed by atoms with van der Waals surface area (Å²) in [6.07, 6.45) is 2.53. The third-order valence-corrected chi connectivity index (χ3v) is 2.33. The number of carbonyl (C=O) groups is 3. The number of nitrogens with one attached hydrogen (secondary N) is 2. The van der Waals surface area contributed by atoms with Gasteiger partial charge in [0.25, 0.3) is 0 Å². The fourth-order valence-corrected chi connectivity index (χ4v) is 1.32. The first-order chi connectivity index (χ1) is 10.0. The summed E-state index contributed by atoms with van der Waals surface area (Å²) in [5.41, 5.74) is 2.99. The van der Waals surface area contributed by atoms with E-state index in [0.717, 1.165) is 0 Å². The SMILES string of the molecule is C=CCNC(=O)CC(=O)N/N=C/c1ccc(C(=O)O)cc1. The van der Waals surface area contributed by atoms with Crippen LogP contribution in [0.3, 0.4) is 0 Å². The topological polar surface area (TPSA) is 108 Å².